The van der Waals surface area contributed by atoms with Gasteiger partial charge in [0.15, 0.2) is 0 Å². The summed E-state index contributed by atoms with van der Waals surface area (Å²) >= 11 is 0. The van der Waals surface area contributed by atoms with E-state index in [-0.39, 0.29) is 11.7 Å². The molecule has 0 atom stereocenters. The van der Waals surface area contributed by atoms with Gasteiger partial charge in [0.25, 0.3) is 0 Å². The van der Waals surface area contributed by atoms with Crippen LogP contribution in [0.3, 0.4) is 0 Å². The molecule has 0 saturated carbocycles. The first-order valence-corrected chi connectivity index (χ1v) is 7.47. The second-order valence-corrected chi connectivity index (χ2v) is 5.17. The third-order valence-electron chi connectivity index (χ3n) is 3.39. The molecule has 1 aromatic heterocycles. The van der Waals surface area contributed by atoms with Gasteiger partial charge in [-0.3, -0.25) is 9.78 Å². The van der Waals surface area contributed by atoms with Crippen molar-refractivity contribution in [1.29, 1.82) is 0 Å². The summed E-state index contributed by atoms with van der Waals surface area (Å²) < 4.78 is 12.9. The van der Waals surface area contributed by atoms with Gasteiger partial charge in [-0.25, -0.2) is 4.39 Å². The summed E-state index contributed by atoms with van der Waals surface area (Å²) in [6, 6.07) is 19.1. The van der Waals surface area contributed by atoms with Crippen LogP contribution in [0, 0.1) is 5.82 Å². The zero-order chi connectivity index (χ0) is 16.8. The second kappa shape index (κ2) is 7.33. The molecule has 3 rings (SSSR count). The first-order valence-electron chi connectivity index (χ1n) is 7.47. The van der Waals surface area contributed by atoms with Crippen LogP contribution in [-0.4, -0.2) is 10.9 Å². The molecule has 0 aliphatic carbocycles. The molecule has 1 heterocycles. The summed E-state index contributed by atoms with van der Waals surface area (Å²) in [7, 11) is 0. The Bertz CT molecular complexity index is 841. The molecule has 0 aliphatic heterocycles. The Labute approximate surface area is 139 Å². The van der Waals surface area contributed by atoms with Gasteiger partial charge in [-0.2, -0.15) is 0 Å². The summed E-state index contributed by atoms with van der Waals surface area (Å²) in [5.41, 5.74) is 3.15. The highest BCUT2D eigenvalue weighted by Gasteiger charge is 2.00. The van der Waals surface area contributed by atoms with Gasteiger partial charge in [0.05, 0.1) is 5.69 Å². The number of benzene rings is 2. The molecule has 118 valence electrons. The Morgan fingerprint density at radius 3 is 2.38 bits per heavy atom. The van der Waals surface area contributed by atoms with E-state index in [1.165, 1.54) is 18.2 Å². The van der Waals surface area contributed by atoms with Crippen molar-refractivity contribution in [3.05, 3.63) is 90.4 Å². The molecule has 4 heteroatoms. The van der Waals surface area contributed by atoms with Gasteiger partial charge >= 0.3 is 0 Å². The first-order chi connectivity index (χ1) is 11.7. The van der Waals surface area contributed by atoms with Crippen LogP contribution in [0.15, 0.2) is 79.0 Å². The van der Waals surface area contributed by atoms with Crippen LogP contribution in [0.4, 0.5) is 10.1 Å². The molecule has 0 radical (unpaired) electrons. The Kier molecular flexibility index (Phi) is 4.77. The highest BCUT2D eigenvalue weighted by atomic mass is 19.1. The standard InChI is InChI=1S/C20H15FN2O/c21-17-10-8-16(9-11-17)19-12-6-15(14-22-19)7-13-20(24)23-18-4-2-1-3-5-18/h1-14H,(H,23,24). The van der Waals surface area contributed by atoms with Gasteiger partial charge in [-0.15, -0.1) is 0 Å². The van der Waals surface area contributed by atoms with Crippen LogP contribution >= 0.6 is 0 Å². The van der Waals surface area contributed by atoms with Crippen molar-refractivity contribution in [2.45, 2.75) is 0 Å². The van der Waals surface area contributed by atoms with Crippen LogP contribution in [-0.2, 0) is 4.79 Å². The molecule has 0 fully saturated rings. The third kappa shape index (κ3) is 4.14. The normalized spacial score (nSPS) is 10.7. The van der Waals surface area contributed by atoms with Crippen LogP contribution in [0.25, 0.3) is 17.3 Å². The van der Waals surface area contributed by atoms with Crippen LogP contribution in [0.1, 0.15) is 5.56 Å². The average Bonchev–Trinajstić information content (AvgIpc) is 2.62. The minimum absolute atomic E-state index is 0.205. The van der Waals surface area contributed by atoms with Crippen LogP contribution in [0.2, 0.25) is 0 Å². The molecule has 3 nitrogen and oxygen atoms in total. The number of aromatic nitrogens is 1. The third-order valence-corrected chi connectivity index (χ3v) is 3.39. The van der Waals surface area contributed by atoms with Crippen molar-refractivity contribution in [2.75, 3.05) is 5.32 Å². The van der Waals surface area contributed by atoms with Crippen LogP contribution < -0.4 is 5.32 Å². The highest BCUT2D eigenvalue weighted by molar-refractivity contribution is 6.01. The topological polar surface area (TPSA) is 42.0 Å². The Morgan fingerprint density at radius 2 is 1.71 bits per heavy atom. The molecule has 0 unspecified atom stereocenters. The van der Waals surface area contributed by atoms with Gasteiger partial charge < -0.3 is 5.32 Å². The van der Waals surface area contributed by atoms with E-state index in [0.29, 0.717) is 0 Å². The SMILES string of the molecule is O=C(C=Cc1ccc(-c2ccc(F)cc2)nc1)Nc1ccccc1. The fourth-order valence-electron chi connectivity index (χ4n) is 2.17. The predicted octanol–water partition coefficient (Wildman–Crippen LogP) is 4.54. The number of carbonyl (C=O) groups is 1. The highest BCUT2D eigenvalue weighted by Crippen LogP contribution is 2.17. The maximum atomic E-state index is 12.9. The summed E-state index contributed by atoms with van der Waals surface area (Å²) in [5, 5.41) is 2.77. The largest absolute Gasteiger partial charge is 0.323 e. The molecule has 2 aromatic carbocycles. The number of amides is 1. The summed E-state index contributed by atoms with van der Waals surface area (Å²) in [5.74, 6) is -0.480. The van der Waals surface area contributed by atoms with Crippen molar-refractivity contribution in [1.82, 2.24) is 4.98 Å². The molecular formula is C20H15FN2O. The Balaban J connectivity index is 1.65. The summed E-state index contributed by atoms with van der Waals surface area (Å²) in [6.07, 6.45) is 4.83. The van der Waals surface area contributed by atoms with E-state index >= 15 is 0 Å². The number of carbonyl (C=O) groups excluding carboxylic acids is 1. The fraction of sp³-hybridized carbons (Fsp3) is 0. The van der Waals surface area contributed by atoms with E-state index in [4.69, 9.17) is 0 Å². The second-order valence-electron chi connectivity index (χ2n) is 5.17. The molecule has 1 amide bonds. The monoisotopic (exact) mass is 318 g/mol. The maximum absolute atomic E-state index is 12.9. The number of halogens is 1. The number of pyridine rings is 1. The molecular weight excluding hydrogens is 303 g/mol. The lowest BCUT2D eigenvalue weighted by atomic mass is 10.1. The van der Waals surface area contributed by atoms with E-state index < -0.39 is 0 Å². The van der Waals surface area contributed by atoms with Gasteiger partial charge in [0.1, 0.15) is 5.82 Å². The Hall–Kier alpha value is -3.27. The van der Waals surface area contributed by atoms with Crippen molar-refractivity contribution < 1.29 is 9.18 Å². The maximum Gasteiger partial charge on any atom is 0.248 e. The zero-order valence-electron chi connectivity index (χ0n) is 12.8. The lowest BCUT2D eigenvalue weighted by Crippen LogP contribution is -2.07. The number of nitrogens with one attached hydrogen (secondary N) is 1. The lowest BCUT2D eigenvalue weighted by Gasteiger charge is -2.02. The van der Waals surface area contributed by atoms with Gasteiger partial charge in [0.2, 0.25) is 5.91 Å². The van der Waals surface area contributed by atoms with Gasteiger partial charge in [0, 0.05) is 23.5 Å². The van der Waals surface area contributed by atoms with Crippen molar-refractivity contribution in [3.8, 4) is 11.3 Å². The van der Waals surface area contributed by atoms with Crippen molar-refractivity contribution in [2.24, 2.45) is 0 Å². The van der Waals surface area contributed by atoms with E-state index in [1.54, 1.807) is 24.4 Å². The predicted molar refractivity (Wildman–Crippen MR) is 93.7 cm³/mol. The van der Waals surface area contributed by atoms with E-state index in [2.05, 4.69) is 10.3 Å². The number of hydrogen-bond donors (Lipinski definition) is 1. The Morgan fingerprint density at radius 1 is 0.958 bits per heavy atom. The van der Waals surface area contributed by atoms with Crippen molar-refractivity contribution in [3.63, 3.8) is 0 Å². The molecule has 0 spiro atoms. The summed E-state index contributed by atoms with van der Waals surface area (Å²) in [6.45, 7) is 0. The number of para-hydroxylation sites is 1. The molecule has 0 bridgehead atoms. The van der Waals surface area contributed by atoms with Crippen LogP contribution in [0.5, 0.6) is 0 Å². The van der Waals surface area contributed by atoms with E-state index in [1.807, 2.05) is 42.5 Å². The minimum atomic E-state index is -0.275. The molecule has 1 N–H and O–H groups in total. The minimum Gasteiger partial charge on any atom is -0.323 e. The number of anilines is 1. The van der Waals surface area contributed by atoms with E-state index in [0.717, 1.165) is 22.5 Å². The van der Waals surface area contributed by atoms with Gasteiger partial charge in [-0.05, 0) is 54.1 Å². The van der Waals surface area contributed by atoms with E-state index in [9.17, 15) is 9.18 Å². The number of nitrogens with zero attached hydrogens (tertiary/aromatic N) is 1. The smallest absolute Gasteiger partial charge is 0.248 e. The lowest BCUT2D eigenvalue weighted by molar-refractivity contribution is -0.111. The zero-order valence-corrected chi connectivity index (χ0v) is 12.8. The first kappa shape index (κ1) is 15.6. The number of rotatable bonds is 4. The molecule has 24 heavy (non-hydrogen) atoms. The molecule has 0 saturated heterocycles. The quantitative estimate of drug-likeness (QED) is 0.718. The average molecular weight is 318 g/mol. The van der Waals surface area contributed by atoms with Crippen molar-refractivity contribution >= 4 is 17.7 Å². The molecule has 3 aromatic rings. The van der Waals surface area contributed by atoms with Gasteiger partial charge in [-0.1, -0.05) is 24.3 Å². The number of hydrogen-bond acceptors (Lipinski definition) is 2. The summed E-state index contributed by atoms with van der Waals surface area (Å²) in [4.78, 5) is 16.2. The molecule has 0 aliphatic rings. The fourth-order valence-corrected chi connectivity index (χ4v) is 2.17.